The number of nitrogens with zero attached hydrogens (tertiary/aromatic N) is 7. The van der Waals surface area contributed by atoms with E-state index in [4.69, 9.17) is 4.42 Å². The second-order valence-electron chi connectivity index (χ2n) is 6.54. The highest BCUT2D eigenvalue weighted by atomic mass is 16.3. The summed E-state index contributed by atoms with van der Waals surface area (Å²) >= 11 is 0. The van der Waals surface area contributed by atoms with E-state index < -0.39 is 0 Å². The SMILES string of the molecule is O=c1ccc(-n2ccnc2)nn1CC1CCCN1c1nncc2ccoc12. The van der Waals surface area contributed by atoms with Gasteiger partial charge >= 0.3 is 0 Å². The Morgan fingerprint density at radius 1 is 1.26 bits per heavy atom. The average molecular weight is 363 g/mol. The summed E-state index contributed by atoms with van der Waals surface area (Å²) in [5, 5.41) is 13.8. The Morgan fingerprint density at radius 3 is 3.11 bits per heavy atom. The van der Waals surface area contributed by atoms with Crippen molar-refractivity contribution in [2.45, 2.75) is 25.4 Å². The van der Waals surface area contributed by atoms with Crippen LogP contribution in [0, 0.1) is 0 Å². The molecule has 0 aromatic carbocycles. The first-order valence-corrected chi connectivity index (χ1v) is 8.81. The van der Waals surface area contributed by atoms with Gasteiger partial charge in [-0.15, -0.1) is 5.10 Å². The van der Waals surface area contributed by atoms with Gasteiger partial charge in [-0.3, -0.25) is 9.36 Å². The molecule has 0 aliphatic carbocycles. The van der Waals surface area contributed by atoms with Crippen LogP contribution in [0.5, 0.6) is 0 Å². The second kappa shape index (κ2) is 6.35. The molecule has 27 heavy (non-hydrogen) atoms. The van der Waals surface area contributed by atoms with E-state index in [2.05, 4.69) is 25.2 Å². The van der Waals surface area contributed by atoms with Gasteiger partial charge in [-0.1, -0.05) is 0 Å². The fourth-order valence-electron chi connectivity index (χ4n) is 3.59. The molecule has 0 amide bonds. The minimum atomic E-state index is -0.131. The van der Waals surface area contributed by atoms with Crippen molar-refractivity contribution in [1.82, 2.24) is 29.5 Å². The fourth-order valence-corrected chi connectivity index (χ4v) is 3.59. The van der Waals surface area contributed by atoms with E-state index in [1.54, 1.807) is 41.8 Å². The van der Waals surface area contributed by atoms with Gasteiger partial charge in [0.25, 0.3) is 5.56 Å². The van der Waals surface area contributed by atoms with Gasteiger partial charge in [-0.25, -0.2) is 9.67 Å². The largest absolute Gasteiger partial charge is 0.460 e. The molecule has 5 rings (SSSR count). The molecule has 0 spiro atoms. The van der Waals surface area contributed by atoms with Gasteiger partial charge in [-0.05, 0) is 25.0 Å². The molecule has 1 aliphatic heterocycles. The molecule has 0 radical (unpaired) electrons. The van der Waals surface area contributed by atoms with Gasteiger partial charge in [-0.2, -0.15) is 10.2 Å². The lowest BCUT2D eigenvalue weighted by atomic mass is 10.2. The summed E-state index contributed by atoms with van der Waals surface area (Å²) in [5.74, 6) is 1.38. The number of aromatic nitrogens is 6. The molecule has 9 nitrogen and oxygen atoms in total. The Hall–Kier alpha value is -3.49. The maximum atomic E-state index is 12.4. The molecule has 1 fully saturated rings. The number of anilines is 1. The maximum absolute atomic E-state index is 12.4. The number of hydrogen-bond acceptors (Lipinski definition) is 7. The summed E-state index contributed by atoms with van der Waals surface area (Å²) < 4.78 is 8.90. The normalized spacial score (nSPS) is 17.0. The first-order chi connectivity index (χ1) is 13.3. The molecule has 4 aromatic rings. The van der Waals surface area contributed by atoms with Crippen LogP contribution in [0.3, 0.4) is 0 Å². The molecule has 1 atom stereocenters. The van der Waals surface area contributed by atoms with Crippen molar-refractivity contribution in [2.75, 3.05) is 11.4 Å². The molecular weight excluding hydrogens is 346 g/mol. The molecule has 0 N–H and O–H groups in total. The van der Waals surface area contributed by atoms with Crippen LogP contribution in [0.2, 0.25) is 0 Å². The zero-order valence-electron chi connectivity index (χ0n) is 14.5. The van der Waals surface area contributed by atoms with Crippen LogP contribution < -0.4 is 10.5 Å². The van der Waals surface area contributed by atoms with Gasteiger partial charge in [0.2, 0.25) is 0 Å². The van der Waals surface area contributed by atoms with E-state index in [1.807, 2.05) is 6.07 Å². The molecule has 0 bridgehead atoms. The molecule has 1 saturated heterocycles. The zero-order chi connectivity index (χ0) is 18.2. The Kier molecular flexibility index (Phi) is 3.70. The molecule has 4 aromatic heterocycles. The van der Waals surface area contributed by atoms with Gasteiger partial charge < -0.3 is 9.32 Å². The summed E-state index contributed by atoms with van der Waals surface area (Å²) in [6, 6.07) is 5.20. The van der Waals surface area contributed by atoms with Crippen LogP contribution in [-0.2, 0) is 6.54 Å². The van der Waals surface area contributed by atoms with Crippen molar-refractivity contribution in [2.24, 2.45) is 0 Å². The zero-order valence-corrected chi connectivity index (χ0v) is 14.5. The van der Waals surface area contributed by atoms with Crippen molar-refractivity contribution >= 4 is 16.8 Å². The lowest BCUT2D eigenvalue weighted by molar-refractivity contribution is 0.482. The van der Waals surface area contributed by atoms with Gasteiger partial charge in [0.15, 0.2) is 17.2 Å². The van der Waals surface area contributed by atoms with Crippen LogP contribution in [-0.4, -0.2) is 42.1 Å². The second-order valence-corrected chi connectivity index (χ2v) is 6.54. The summed E-state index contributed by atoms with van der Waals surface area (Å²) in [5.41, 5.74) is 0.595. The van der Waals surface area contributed by atoms with Crippen molar-refractivity contribution < 1.29 is 4.42 Å². The predicted molar refractivity (Wildman–Crippen MR) is 97.8 cm³/mol. The Balaban J connectivity index is 1.47. The molecule has 136 valence electrons. The van der Waals surface area contributed by atoms with Gasteiger partial charge in [0, 0.05) is 30.4 Å². The van der Waals surface area contributed by atoms with Crippen LogP contribution in [0.15, 0.2) is 58.6 Å². The smallest absolute Gasteiger partial charge is 0.266 e. The van der Waals surface area contributed by atoms with Crippen LogP contribution in [0.4, 0.5) is 5.82 Å². The third kappa shape index (κ3) is 2.77. The Morgan fingerprint density at radius 2 is 2.22 bits per heavy atom. The summed E-state index contributed by atoms with van der Waals surface area (Å²) in [6.07, 6.45) is 10.4. The van der Waals surface area contributed by atoms with Gasteiger partial charge in [0.05, 0.1) is 25.0 Å². The number of imidazole rings is 1. The van der Waals surface area contributed by atoms with E-state index in [-0.39, 0.29) is 11.6 Å². The predicted octanol–water partition coefficient (Wildman–Crippen LogP) is 1.63. The first-order valence-electron chi connectivity index (χ1n) is 8.81. The van der Waals surface area contributed by atoms with E-state index >= 15 is 0 Å². The lowest BCUT2D eigenvalue weighted by Gasteiger charge is -2.25. The molecule has 0 saturated carbocycles. The van der Waals surface area contributed by atoms with Crippen molar-refractivity contribution in [3.05, 3.63) is 59.7 Å². The maximum Gasteiger partial charge on any atom is 0.266 e. The standard InChI is InChI=1S/C18H17N7O2/c26-16-4-3-15(23-8-6-19-12-23)22-25(16)11-14-2-1-7-24(14)18-17-13(5-9-27-17)10-20-21-18/h3-6,8-10,12,14H,1-2,7,11H2. The third-order valence-electron chi connectivity index (χ3n) is 4.90. The van der Waals surface area contributed by atoms with E-state index in [9.17, 15) is 4.79 Å². The summed E-state index contributed by atoms with van der Waals surface area (Å²) in [7, 11) is 0. The topological polar surface area (TPSA) is 94.9 Å². The highest BCUT2D eigenvalue weighted by Gasteiger charge is 2.29. The fraction of sp³-hybridized carbons (Fsp3) is 0.278. The monoisotopic (exact) mass is 363 g/mol. The lowest BCUT2D eigenvalue weighted by Crippen LogP contribution is -2.37. The highest BCUT2D eigenvalue weighted by Crippen LogP contribution is 2.30. The van der Waals surface area contributed by atoms with E-state index in [1.165, 1.54) is 10.7 Å². The third-order valence-corrected chi connectivity index (χ3v) is 4.90. The minimum Gasteiger partial charge on any atom is -0.460 e. The minimum absolute atomic E-state index is 0.0956. The number of rotatable bonds is 4. The van der Waals surface area contributed by atoms with Crippen LogP contribution >= 0.6 is 0 Å². The molecule has 1 aliphatic rings. The van der Waals surface area contributed by atoms with E-state index in [0.717, 1.165) is 36.2 Å². The number of furan rings is 1. The van der Waals surface area contributed by atoms with Crippen molar-refractivity contribution in [3.63, 3.8) is 0 Å². The molecule has 9 heteroatoms. The van der Waals surface area contributed by atoms with Crippen molar-refractivity contribution in [1.29, 1.82) is 0 Å². The van der Waals surface area contributed by atoms with Gasteiger partial charge in [0.1, 0.15) is 6.33 Å². The average Bonchev–Trinajstić information content (AvgIpc) is 3.44. The Bertz CT molecular complexity index is 1130. The first kappa shape index (κ1) is 15.7. The highest BCUT2D eigenvalue weighted by molar-refractivity contribution is 5.86. The Labute approximate surface area is 153 Å². The number of hydrogen-bond donors (Lipinski definition) is 0. The molecule has 5 heterocycles. The summed E-state index contributed by atoms with van der Waals surface area (Å²) in [4.78, 5) is 18.5. The van der Waals surface area contributed by atoms with Crippen LogP contribution in [0.1, 0.15) is 12.8 Å². The molecule has 1 unspecified atom stereocenters. The quantitative estimate of drug-likeness (QED) is 0.544. The number of fused-ring (bicyclic) bond motifs is 1. The van der Waals surface area contributed by atoms with Crippen LogP contribution in [0.25, 0.3) is 16.8 Å². The van der Waals surface area contributed by atoms with Crippen molar-refractivity contribution in [3.8, 4) is 5.82 Å². The van der Waals surface area contributed by atoms with E-state index in [0.29, 0.717) is 12.4 Å². The summed E-state index contributed by atoms with van der Waals surface area (Å²) in [6.45, 7) is 1.31. The molecular formula is C18H17N7O2.